The fraction of sp³-hybridized carbons (Fsp3) is 0.667. The van der Waals surface area contributed by atoms with Crippen LogP contribution in [0.4, 0.5) is 0 Å². The predicted octanol–water partition coefficient (Wildman–Crippen LogP) is 1.68. The van der Waals surface area contributed by atoms with Gasteiger partial charge in [-0.1, -0.05) is 6.07 Å². The molecule has 1 saturated carbocycles. The van der Waals surface area contributed by atoms with Gasteiger partial charge in [-0.15, -0.1) is 0 Å². The van der Waals surface area contributed by atoms with Crippen LogP contribution in [0.3, 0.4) is 0 Å². The van der Waals surface area contributed by atoms with Crippen LogP contribution >= 0.6 is 0 Å². The smallest absolute Gasteiger partial charge is 0.251 e. The largest absolute Gasteiger partial charge is 0.363 e. The average molecular weight is 315 g/mol. The first kappa shape index (κ1) is 15.1. The van der Waals surface area contributed by atoms with E-state index in [-0.39, 0.29) is 18.1 Å². The molecule has 1 aromatic rings. The highest BCUT2D eigenvalue weighted by Crippen LogP contribution is 2.37. The number of nitrogens with zero attached hydrogens (tertiary/aromatic N) is 3. The number of hydrogen-bond donors (Lipinski definition) is 0. The number of amides is 1. The van der Waals surface area contributed by atoms with Gasteiger partial charge in [-0.25, -0.2) is 0 Å². The van der Waals surface area contributed by atoms with Crippen molar-refractivity contribution in [1.82, 2.24) is 14.8 Å². The van der Waals surface area contributed by atoms with Crippen molar-refractivity contribution < 1.29 is 9.53 Å². The number of likely N-dealkylation sites (N-methyl/N-ethyl adjacent to an activating group) is 1. The molecule has 1 aliphatic carbocycles. The fourth-order valence-electron chi connectivity index (χ4n) is 3.91. The average Bonchev–Trinajstić information content (AvgIpc) is 3.15. The summed E-state index contributed by atoms with van der Waals surface area (Å²) in [7, 11) is 1.84. The van der Waals surface area contributed by atoms with E-state index >= 15 is 0 Å². The van der Waals surface area contributed by atoms with E-state index in [0.29, 0.717) is 12.6 Å². The van der Waals surface area contributed by atoms with Crippen molar-refractivity contribution in [2.24, 2.45) is 5.92 Å². The van der Waals surface area contributed by atoms with Gasteiger partial charge < -0.3 is 9.64 Å². The summed E-state index contributed by atoms with van der Waals surface area (Å²) in [5, 5.41) is 0. The Morgan fingerprint density at radius 2 is 2.26 bits per heavy atom. The number of fused-ring (bicyclic) bond motifs is 1. The number of hydrogen-bond acceptors (Lipinski definition) is 4. The standard InChI is InChI=1S/C18H25N3O2/c1-20(12-14-4-2-3-8-19-14)18(22)17-10-15-16(23-17)7-9-21(15)11-13-5-6-13/h2-4,8,13,15-17H,5-7,9-12H2,1H3/t15-,16-,17+/m0/s1. The Kier molecular flexibility index (Phi) is 4.07. The Balaban J connectivity index is 1.34. The molecule has 124 valence electrons. The van der Waals surface area contributed by atoms with Gasteiger partial charge in [0.2, 0.25) is 0 Å². The summed E-state index contributed by atoms with van der Waals surface area (Å²) < 4.78 is 6.08. The van der Waals surface area contributed by atoms with Crippen LogP contribution in [0, 0.1) is 5.92 Å². The maximum atomic E-state index is 12.7. The molecule has 0 spiro atoms. The number of carbonyl (C=O) groups excluding carboxylic acids is 1. The molecule has 3 heterocycles. The van der Waals surface area contributed by atoms with E-state index in [0.717, 1.165) is 31.0 Å². The zero-order valence-electron chi connectivity index (χ0n) is 13.7. The summed E-state index contributed by atoms with van der Waals surface area (Å²) in [6.45, 7) is 2.88. The quantitative estimate of drug-likeness (QED) is 0.829. The van der Waals surface area contributed by atoms with Gasteiger partial charge in [0, 0.05) is 38.8 Å². The summed E-state index contributed by atoms with van der Waals surface area (Å²) in [5.74, 6) is 0.992. The van der Waals surface area contributed by atoms with Gasteiger partial charge >= 0.3 is 0 Å². The second kappa shape index (κ2) is 6.21. The lowest BCUT2D eigenvalue weighted by atomic mass is 10.1. The molecular weight excluding hydrogens is 290 g/mol. The van der Waals surface area contributed by atoms with Crippen LogP contribution in [0.25, 0.3) is 0 Å². The highest BCUT2D eigenvalue weighted by molar-refractivity contribution is 5.81. The number of ether oxygens (including phenoxy) is 1. The highest BCUT2D eigenvalue weighted by Gasteiger charge is 2.47. The predicted molar refractivity (Wildman–Crippen MR) is 86.7 cm³/mol. The SMILES string of the molecule is CN(Cc1ccccn1)C(=O)[C@H]1C[C@H]2[C@H](CCN2CC2CC2)O1. The summed E-state index contributed by atoms with van der Waals surface area (Å²) in [5.41, 5.74) is 0.914. The molecule has 5 nitrogen and oxygen atoms in total. The lowest BCUT2D eigenvalue weighted by Crippen LogP contribution is -2.38. The molecule has 0 aromatic carbocycles. The van der Waals surface area contributed by atoms with Gasteiger partial charge in [0.15, 0.2) is 0 Å². The topological polar surface area (TPSA) is 45.7 Å². The Hall–Kier alpha value is -1.46. The van der Waals surface area contributed by atoms with Crippen molar-refractivity contribution in [3.63, 3.8) is 0 Å². The van der Waals surface area contributed by atoms with E-state index in [1.165, 1.54) is 19.4 Å². The lowest BCUT2D eigenvalue weighted by molar-refractivity contribution is -0.142. The molecule has 4 rings (SSSR count). The van der Waals surface area contributed by atoms with Crippen molar-refractivity contribution in [2.75, 3.05) is 20.1 Å². The molecule has 23 heavy (non-hydrogen) atoms. The Bertz CT molecular complexity index is 561. The second-order valence-corrected chi connectivity index (χ2v) is 7.21. The minimum Gasteiger partial charge on any atom is -0.363 e. The highest BCUT2D eigenvalue weighted by atomic mass is 16.5. The maximum absolute atomic E-state index is 12.7. The van der Waals surface area contributed by atoms with E-state index in [1.807, 2.05) is 25.2 Å². The van der Waals surface area contributed by atoms with Gasteiger partial charge in [-0.3, -0.25) is 14.7 Å². The molecule has 3 fully saturated rings. The van der Waals surface area contributed by atoms with Crippen LogP contribution in [0.1, 0.15) is 31.4 Å². The third kappa shape index (κ3) is 3.26. The molecule has 0 radical (unpaired) electrons. The van der Waals surface area contributed by atoms with Crippen LogP contribution in [0.15, 0.2) is 24.4 Å². The van der Waals surface area contributed by atoms with E-state index < -0.39 is 0 Å². The Labute approximate surface area is 137 Å². The third-order valence-corrected chi connectivity index (χ3v) is 5.36. The number of carbonyl (C=O) groups is 1. The first-order valence-corrected chi connectivity index (χ1v) is 8.75. The molecular formula is C18H25N3O2. The van der Waals surface area contributed by atoms with E-state index in [2.05, 4.69) is 9.88 Å². The normalized spacial score (nSPS) is 30.4. The monoisotopic (exact) mass is 315 g/mol. The minimum atomic E-state index is -0.277. The van der Waals surface area contributed by atoms with Crippen molar-refractivity contribution in [1.29, 1.82) is 0 Å². The van der Waals surface area contributed by atoms with Gasteiger partial charge in [0.1, 0.15) is 6.10 Å². The number of rotatable bonds is 5. The fourth-order valence-corrected chi connectivity index (χ4v) is 3.91. The third-order valence-electron chi connectivity index (χ3n) is 5.36. The first-order valence-electron chi connectivity index (χ1n) is 8.75. The number of pyridine rings is 1. The van der Waals surface area contributed by atoms with Gasteiger partial charge in [-0.2, -0.15) is 0 Å². The molecule has 2 saturated heterocycles. The van der Waals surface area contributed by atoms with E-state index in [9.17, 15) is 4.79 Å². The number of likely N-dealkylation sites (tertiary alicyclic amines) is 1. The molecule has 5 heteroatoms. The maximum Gasteiger partial charge on any atom is 0.251 e. The molecule has 1 aromatic heterocycles. The molecule has 0 N–H and O–H groups in total. The Morgan fingerprint density at radius 3 is 3.00 bits per heavy atom. The molecule has 0 unspecified atom stereocenters. The number of aromatic nitrogens is 1. The molecule has 3 aliphatic rings. The first-order chi connectivity index (χ1) is 11.2. The summed E-state index contributed by atoms with van der Waals surface area (Å²) in [6.07, 6.45) is 6.42. The zero-order chi connectivity index (χ0) is 15.8. The summed E-state index contributed by atoms with van der Waals surface area (Å²) >= 11 is 0. The minimum absolute atomic E-state index is 0.0939. The van der Waals surface area contributed by atoms with Crippen molar-refractivity contribution >= 4 is 5.91 Å². The van der Waals surface area contributed by atoms with Gasteiger partial charge in [-0.05, 0) is 37.3 Å². The summed E-state index contributed by atoms with van der Waals surface area (Å²) in [4.78, 5) is 21.3. The van der Waals surface area contributed by atoms with Crippen LogP contribution in [0.2, 0.25) is 0 Å². The molecule has 3 atom stereocenters. The van der Waals surface area contributed by atoms with Crippen molar-refractivity contribution in [3.8, 4) is 0 Å². The van der Waals surface area contributed by atoms with Gasteiger partial charge in [0.05, 0.1) is 18.3 Å². The molecule has 2 aliphatic heterocycles. The lowest BCUT2D eigenvalue weighted by Gasteiger charge is -2.23. The second-order valence-electron chi connectivity index (χ2n) is 7.21. The van der Waals surface area contributed by atoms with Crippen molar-refractivity contribution in [3.05, 3.63) is 30.1 Å². The Morgan fingerprint density at radius 1 is 1.39 bits per heavy atom. The summed E-state index contributed by atoms with van der Waals surface area (Å²) in [6, 6.07) is 6.24. The molecule has 1 amide bonds. The van der Waals surface area contributed by atoms with Crippen molar-refractivity contribution in [2.45, 2.75) is 50.5 Å². The van der Waals surface area contributed by atoms with E-state index in [4.69, 9.17) is 4.74 Å². The molecule has 0 bridgehead atoms. The van der Waals surface area contributed by atoms with Crippen LogP contribution in [-0.4, -0.2) is 59.1 Å². The van der Waals surface area contributed by atoms with Gasteiger partial charge in [0.25, 0.3) is 5.91 Å². The van der Waals surface area contributed by atoms with Crippen LogP contribution in [0.5, 0.6) is 0 Å². The van der Waals surface area contributed by atoms with Crippen LogP contribution in [-0.2, 0) is 16.1 Å². The van der Waals surface area contributed by atoms with Crippen LogP contribution < -0.4 is 0 Å². The van der Waals surface area contributed by atoms with E-state index in [1.54, 1.807) is 11.1 Å². The zero-order valence-corrected chi connectivity index (χ0v) is 13.7.